The predicted molar refractivity (Wildman–Crippen MR) is 125 cm³/mol. The Labute approximate surface area is 193 Å². The van der Waals surface area contributed by atoms with E-state index in [9.17, 15) is 9.90 Å². The Morgan fingerprint density at radius 3 is 2.40 bits per heavy atom. The van der Waals surface area contributed by atoms with Crippen LogP contribution in [0.2, 0.25) is 10.0 Å². The molecule has 0 fully saturated rings. The lowest BCUT2D eigenvalue weighted by Crippen LogP contribution is -2.50. The molecule has 30 heavy (non-hydrogen) atoms. The highest BCUT2D eigenvalue weighted by atomic mass is 35.5. The summed E-state index contributed by atoms with van der Waals surface area (Å²) in [6.45, 7) is 7.05. The van der Waals surface area contributed by atoms with Crippen molar-refractivity contribution >= 4 is 41.1 Å². The molecule has 2 N–H and O–H groups in total. The van der Waals surface area contributed by atoms with E-state index in [-0.39, 0.29) is 6.61 Å². The van der Waals surface area contributed by atoms with E-state index in [2.05, 4.69) is 5.32 Å². The number of ether oxygens (including phenoxy) is 1. The monoisotopic (exact) mass is 469 g/mol. The van der Waals surface area contributed by atoms with Gasteiger partial charge in [-0.2, -0.15) is 0 Å². The van der Waals surface area contributed by atoms with Gasteiger partial charge >= 0.3 is 6.09 Å². The van der Waals surface area contributed by atoms with E-state index in [0.29, 0.717) is 16.5 Å². The quantitative estimate of drug-likeness (QED) is 0.449. The summed E-state index contributed by atoms with van der Waals surface area (Å²) in [7, 11) is 0. The Morgan fingerprint density at radius 2 is 1.80 bits per heavy atom. The second-order valence-corrected chi connectivity index (χ2v) is 10.5. The van der Waals surface area contributed by atoms with Gasteiger partial charge < -0.3 is 15.2 Å². The first-order valence-electron chi connectivity index (χ1n) is 9.83. The molecular formula is C23H29Cl2NO3S. The first kappa shape index (κ1) is 24.9. The van der Waals surface area contributed by atoms with Crippen molar-refractivity contribution in [2.45, 2.75) is 67.9 Å². The number of amides is 1. The van der Waals surface area contributed by atoms with Gasteiger partial charge in [0.25, 0.3) is 0 Å². The summed E-state index contributed by atoms with van der Waals surface area (Å²) in [6.07, 6.45) is 1.57. The van der Waals surface area contributed by atoms with E-state index < -0.39 is 17.2 Å². The number of hydrogen-bond acceptors (Lipinski definition) is 4. The van der Waals surface area contributed by atoms with Crippen molar-refractivity contribution in [3.05, 3.63) is 58.1 Å². The fraction of sp³-hybridized carbons (Fsp3) is 0.435. The minimum Gasteiger partial charge on any atom is -0.444 e. The highest BCUT2D eigenvalue weighted by Gasteiger charge is 2.28. The van der Waals surface area contributed by atoms with Crippen LogP contribution in [0.15, 0.2) is 52.3 Å². The molecule has 1 amide bonds. The summed E-state index contributed by atoms with van der Waals surface area (Å²) in [5.41, 5.74) is -0.305. The van der Waals surface area contributed by atoms with Gasteiger partial charge in [0, 0.05) is 19.8 Å². The number of carbonyl (C=O) groups excluding carboxylic acids is 1. The number of aliphatic hydroxyl groups excluding tert-OH is 1. The Balaban J connectivity index is 1.92. The number of nitrogens with one attached hydrogen (secondary N) is 1. The van der Waals surface area contributed by atoms with Crippen molar-refractivity contribution in [2.24, 2.45) is 0 Å². The molecule has 0 heterocycles. The average molecular weight is 470 g/mol. The Kier molecular flexibility index (Phi) is 8.92. The SMILES string of the molecule is CC(CO)(CCCc1ccc(Sc2cccc(Cl)c2)cc1Cl)NC(=O)OC(C)(C)C. The van der Waals surface area contributed by atoms with Crippen molar-refractivity contribution < 1.29 is 14.6 Å². The number of carbonyl (C=O) groups is 1. The minimum absolute atomic E-state index is 0.171. The van der Waals surface area contributed by atoms with Crippen LogP contribution in [0.5, 0.6) is 0 Å². The fourth-order valence-corrected chi connectivity index (χ4v) is 4.37. The number of hydrogen-bond donors (Lipinski definition) is 2. The van der Waals surface area contributed by atoms with E-state index in [0.717, 1.165) is 28.2 Å². The molecule has 0 saturated heterocycles. The molecule has 4 nitrogen and oxygen atoms in total. The van der Waals surface area contributed by atoms with Gasteiger partial charge in [-0.25, -0.2) is 4.79 Å². The van der Waals surface area contributed by atoms with Gasteiger partial charge in [0.2, 0.25) is 0 Å². The number of benzene rings is 2. The molecule has 164 valence electrons. The van der Waals surface area contributed by atoms with E-state index in [1.54, 1.807) is 32.5 Å². The van der Waals surface area contributed by atoms with Crippen LogP contribution in [-0.4, -0.2) is 28.9 Å². The lowest BCUT2D eigenvalue weighted by atomic mass is 9.94. The minimum atomic E-state index is -0.753. The van der Waals surface area contributed by atoms with Crippen molar-refractivity contribution in [2.75, 3.05) is 6.61 Å². The lowest BCUT2D eigenvalue weighted by molar-refractivity contribution is 0.0405. The third-order valence-corrected chi connectivity index (χ3v) is 5.95. The van der Waals surface area contributed by atoms with Gasteiger partial charge in [0.05, 0.1) is 12.1 Å². The van der Waals surface area contributed by atoms with Gasteiger partial charge in [-0.15, -0.1) is 0 Å². The van der Waals surface area contributed by atoms with Crippen molar-refractivity contribution in [3.63, 3.8) is 0 Å². The van der Waals surface area contributed by atoms with Gasteiger partial charge in [-0.3, -0.25) is 0 Å². The maximum Gasteiger partial charge on any atom is 0.408 e. The summed E-state index contributed by atoms with van der Waals surface area (Å²) in [5, 5.41) is 14.0. The zero-order valence-corrected chi connectivity index (χ0v) is 20.1. The molecule has 0 aliphatic rings. The van der Waals surface area contributed by atoms with Crippen molar-refractivity contribution in [3.8, 4) is 0 Å². The van der Waals surface area contributed by atoms with E-state index in [1.165, 1.54) is 0 Å². The summed E-state index contributed by atoms with van der Waals surface area (Å²) in [6, 6.07) is 13.7. The summed E-state index contributed by atoms with van der Waals surface area (Å²) in [5.74, 6) is 0. The van der Waals surface area contributed by atoms with E-state index in [1.807, 2.05) is 49.4 Å². The highest BCUT2D eigenvalue weighted by molar-refractivity contribution is 7.99. The maximum absolute atomic E-state index is 12.1. The third kappa shape index (κ3) is 8.38. The largest absolute Gasteiger partial charge is 0.444 e. The Morgan fingerprint density at radius 1 is 1.10 bits per heavy atom. The van der Waals surface area contributed by atoms with Gasteiger partial charge in [0.15, 0.2) is 0 Å². The molecule has 0 saturated carbocycles. The normalized spacial score (nSPS) is 13.6. The fourth-order valence-electron chi connectivity index (χ4n) is 2.86. The molecule has 0 aromatic heterocycles. The molecule has 0 aliphatic carbocycles. The van der Waals surface area contributed by atoms with Gasteiger partial charge in [-0.1, -0.05) is 47.1 Å². The lowest BCUT2D eigenvalue weighted by Gasteiger charge is -2.30. The molecule has 2 rings (SSSR count). The zero-order chi connectivity index (χ0) is 22.4. The highest BCUT2D eigenvalue weighted by Crippen LogP contribution is 2.32. The number of alkyl carbamates (subject to hydrolysis) is 1. The number of rotatable bonds is 8. The molecule has 1 atom stereocenters. The molecular weight excluding hydrogens is 441 g/mol. The molecule has 1 unspecified atom stereocenters. The first-order chi connectivity index (χ1) is 14.0. The second kappa shape index (κ2) is 10.8. The van der Waals surface area contributed by atoms with Crippen LogP contribution >= 0.6 is 35.0 Å². The van der Waals surface area contributed by atoms with E-state index in [4.69, 9.17) is 27.9 Å². The topological polar surface area (TPSA) is 58.6 Å². The zero-order valence-electron chi connectivity index (χ0n) is 17.8. The van der Waals surface area contributed by atoms with E-state index >= 15 is 0 Å². The summed E-state index contributed by atoms with van der Waals surface area (Å²) in [4.78, 5) is 14.1. The molecule has 0 bridgehead atoms. The molecule has 0 spiro atoms. The van der Waals surface area contributed by atoms with Crippen molar-refractivity contribution in [1.29, 1.82) is 0 Å². The van der Waals surface area contributed by atoms with Crippen LogP contribution in [-0.2, 0) is 11.2 Å². The van der Waals surface area contributed by atoms with Crippen LogP contribution in [0.4, 0.5) is 4.79 Å². The standard InChI is InChI=1S/C23H29Cl2NO3S/c1-22(2,3)29-21(28)26-23(4,15-27)12-6-7-16-10-11-19(14-20(16)25)30-18-9-5-8-17(24)13-18/h5,8-11,13-14,27H,6-7,12,15H2,1-4H3,(H,26,28). The first-order valence-corrected chi connectivity index (χ1v) is 11.4. The average Bonchev–Trinajstić information content (AvgIpc) is 2.62. The van der Waals surface area contributed by atoms with Crippen LogP contribution in [0.1, 0.15) is 46.1 Å². The predicted octanol–water partition coefficient (Wildman–Crippen LogP) is 6.74. The number of halogens is 2. The maximum atomic E-state index is 12.1. The molecule has 0 aliphatic heterocycles. The van der Waals surface area contributed by atoms with Crippen molar-refractivity contribution in [1.82, 2.24) is 5.32 Å². The van der Waals surface area contributed by atoms with Gasteiger partial charge in [-0.05, 0) is 82.9 Å². The summed E-state index contributed by atoms with van der Waals surface area (Å²) >= 11 is 14.1. The number of aliphatic hydroxyl groups is 1. The second-order valence-electron chi connectivity index (χ2n) is 8.51. The number of aryl methyl sites for hydroxylation is 1. The van der Waals surface area contributed by atoms with Crippen LogP contribution in [0.3, 0.4) is 0 Å². The molecule has 7 heteroatoms. The molecule has 2 aromatic rings. The summed E-state index contributed by atoms with van der Waals surface area (Å²) < 4.78 is 5.30. The van der Waals surface area contributed by atoms with Crippen LogP contribution in [0, 0.1) is 0 Å². The third-order valence-electron chi connectivity index (χ3n) is 4.38. The molecule has 2 aromatic carbocycles. The van der Waals surface area contributed by atoms with Crippen LogP contribution < -0.4 is 5.32 Å². The van der Waals surface area contributed by atoms with Crippen LogP contribution in [0.25, 0.3) is 0 Å². The Hall–Kier alpha value is -1.40. The smallest absolute Gasteiger partial charge is 0.408 e. The van der Waals surface area contributed by atoms with Gasteiger partial charge in [0.1, 0.15) is 5.60 Å². The molecule has 0 radical (unpaired) electrons. The Bertz CT molecular complexity index is 870.